The van der Waals surface area contributed by atoms with Gasteiger partial charge >= 0.3 is 0 Å². The van der Waals surface area contributed by atoms with Crippen molar-refractivity contribution >= 4 is 23.9 Å². The van der Waals surface area contributed by atoms with E-state index in [0.717, 1.165) is 32.7 Å². The van der Waals surface area contributed by atoms with Crippen LogP contribution in [-0.2, 0) is 11.3 Å². The standard InChI is InChI=1S/C22H25N5O3/c28-22(24-23-12-6-10-20-9-4-5-11-21(20)27(29)30)18-26-15-13-25(14-16-26)17-19-7-2-1-3-8-19/h1-12H,13-18H2,(H,24,28)/b10-6+,23-12-. The third-order valence-corrected chi connectivity index (χ3v) is 4.84. The van der Waals surface area contributed by atoms with Gasteiger partial charge in [-0.3, -0.25) is 24.7 Å². The van der Waals surface area contributed by atoms with E-state index in [-0.39, 0.29) is 11.6 Å². The Kier molecular flexibility index (Phi) is 7.82. The monoisotopic (exact) mass is 407 g/mol. The van der Waals surface area contributed by atoms with Gasteiger partial charge in [0.15, 0.2) is 0 Å². The Labute approximate surface area is 175 Å². The maximum atomic E-state index is 12.1. The van der Waals surface area contributed by atoms with Crippen LogP contribution in [0.15, 0.2) is 65.8 Å². The van der Waals surface area contributed by atoms with Crippen LogP contribution in [-0.4, -0.2) is 59.6 Å². The lowest BCUT2D eigenvalue weighted by atomic mass is 10.2. The van der Waals surface area contributed by atoms with Crippen LogP contribution in [0.4, 0.5) is 5.69 Å². The highest BCUT2D eigenvalue weighted by Crippen LogP contribution is 2.18. The van der Waals surface area contributed by atoms with Crippen LogP contribution < -0.4 is 5.43 Å². The SMILES string of the molecule is O=C(CN1CCN(Cc2ccccc2)CC1)N/N=C\C=C\c1ccccc1[N+](=O)[O-]. The first-order chi connectivity index (χ1) is 14.6. The number of nitrogens with zero attached hydrogens (tertiary/aromatic N) is 4. The number of rotatable bonds is 8. The first-order valence-corrected chi connectivity index (χ1v) is 9.82. The van der Waals surface area contributed by atoms with Crippen molar-refractivity contribution in [2.75, 3.05) is 32.7 Å². The largest absolute Gasteiger partial charge is 0.297 e. The molecule has 2 aromatic carbocycles. The first-order valence-electron chi connectivity index (χ1n) is 9.82. The number of benzene rings is 2. The number of allylic oxidation sites excluding steroid dienone is 1. The molecule has 2 aromatic rings. The summed E-state index contributed by atoms with van der Waals surface area (Å²) in [5.41, 5.74) is 4.30. The number of hydrogen-bond acceptors (Lipinski definition) is 6. The Morgan fingerprint density at radius 3 is 2.43 bits per heavy atom. The van der Waals surface area contributed by atoms with Crippen LogP contribution in [0.5, 0.6) is 0 Å². The molecule has 0 saturated carbocycles. The van der Waals surface area contributed by atoms with Gasteiger partial charge in [0.1, 0.15) is 0 Å². The molecule has 1 saturated heterocycles. The minimum Gasteiger partial charge on any atom is -0.297 e. The number of hydrazone groups is 1. The molecule has 0 unspecified atom stereocenters. The molecule has 0 aromatic heterocycles. The van der Waals surface area contributed by atoms with E-state index >= 15 is 0 Å². The minimum atomic E-state index is -0.432. The van der Waals surface area contributed by atoms with Gasteiger partial charge in [0.2, 0.25) is 0 Å². The third-order valence-electron chi connectivity index (χ3n) is 4.84. The lowest BCUT2D eigenvalue weighted by molar-refractivity contribution is -0.385. The molecule has 0 aliphatic carbocycles. The molecule has 3 rings (SSSR count). The summed E-state index contributed by atoms with van der Waals surface area (Å²) in [6.07, 6.45) is 4.55. The molecule has 8 heteroatoms. The molecule has 0 radical (unpaired) electrons. The average Bonchev–Trinajstić information content (AvgIpc) is 2.76. The molecule has 1 aliphatic rings. The Morgan fingerprint density at radius 1 is 1.03 bits per heavy atom. The van der Waals surface area contributed by atoms with Gasteiger partial charge in [0, 0.05) is 45.0 Å². The van der Waals surface area contributed by atoms with Crippen molar-refractivity contribution < 1.29 is 9.72 Å². The fourth-order valence-corrected chi connectivity index (χ4v) is 3.28. The highest BCUT2D eigenvalue weighted by Gasteiger charge is 2.18. The van der Waals surface area contributed by atoms with Crippen LogP contribution >= 0.6 is 0 Å². The minimum absolute atomic E-state index is 0.0255. The van der Waals surface area contributed by atoms with Crippen molar-refractivity contribution in [1.29, 1.82) is 0 Å². The van der Waals surface area contributed by atoms with Gasteiger partial charge in [-0.25, -0.2) is 5.43 Å². The highest BCUT2D eigenvalue weighted by atomic mass is 16.6. The third kappa shape index (κ3) is 6.61. The van der Waals surface area contributed by atoms with E-state index in [0.29, 0.717) is 12.1 Å². The van der Waals surface area contributed by atoms with Gasteiger partial charge < -0.3 is 0 Å². The Morgan fingerprint density at radius 2 is 1.70 bits per heavy atom. The molecule has 8 nitrogen and oxygen atoms in total. The van der Waals surface area contributed by atoms with Crippen LogP contribution in [0.25, 0.3) is 6.08 Å². The maximum Gasteiger partial charge on any atom is 0.276 e. The Hall–Kier alpha value is -3.36. The van der Waals surface area contributed by atoms with E-state index in [9.17, 15) is 14.9 Å². The fraction of sp³-hybridized carbons (Fsp3) is 0.273. The van der Waals surface area contributed by atoms with Crippen molar-refractivity contribution in [2.24, 2.45) is 5.10 Å². The van der Waals surface area contributed by atoms with E-state index < -0.39 is 4.92 Å². The summed E-state index contributed by atoms with van der Waals surface area (Å²) < 4.78 is 0. The Balaban J connectivity index is 1.38. The van der Waals surface area contributed by atoms with Crippen molar-refractivity contribution in [3.8, 4) is 0 Å². The average molecular weight is 407 g/mol. The van der Waals surface area contributed by atoms with Crippen LogP contribution in [0.1, 0.15) is 11.1 Å². The van der Waals surface area contributed by atoms with E-state index in [1.54, 1.807) is 30.4 Å². The number of hydrogen-bond donors (Lipinski definition) is 1. The van der Waals surface area contributed by atoms with E-state index in [4.69, 9.17) is 0 Å². The predicted molar refractivity (Wildman–Crippen MR) is 117 cm³/mol. The second-order valence-corrected chi connectivity index (χ2v) is 7.03. The molecule has 1 heterocycles. The number of nitrogens with one attached hydrogen (secondary N) is 1. The van der Waals surface area contributed by atoms with Crippen molar-refractivity contribution in [2.45, 2.75) is 6.54 Å². The lowest BCUT2D eigenvalue weighted by Gasteiger charge is -2.34. The maximum absolute atomic E-state index is 12.1. The van der Waals surface area contributed by atoms with E-state index in [2.05, 4.69) is 32.5 Å². The first kappa shape index (κ1) is 21.4. The summed E-state index contributed by atoms with van der Waals surface area (Å²) in [7, 11) is 0. The number of nitro benzene ring substituents is 1. The van der Waals surface area contributed by atoms with Crippen LogP contribution in [0, 0.1) is 10.1 Å². The molecule has 1 aliphatic heterocycles. The summed E-state index contributed by atoms with van der Waals surface area (Å²) in [4.78, 5) is 27.1. The van der Waals surface area contributed by atoms with E-state index in [1.165, 1.54) is 17.8 Å². The Bertz CT molecular complexity index is 906. The molecule has 30 heavy (non-hydrogen) atoms. The molecule has 156 valence electrons. The molecular weight excluding hydrogens is 382 g/mol. The number of piperazine rings is 1. The topological polar surface area (TPSA) is 91.1 Å². The molecule has 1 fully saturated rings. The summed E-state index contributed by atoms with van der Waals surface area (Å²) in [6, 6.07) is 16.8. The van der Waals surface area contributed by atoms with Gasteiger partial charge in [0.05, 0.1) is 17.0 Å². The molecule has 1 amide bonds. The quantitative estimate of drug-likeness (QED) is 0.413. The fourth-order valence-electron chi connectivity index (χ4n) is 3.28. The molecule has 1 N–H and O–H groups in total. The number of carbonyl (C=O) groups is 1. The number of carbonyl (C=O) groups excluding carboxylic acids is 1. The number of amides is 1. The van der Waals surface area contributed by atoms with Crippen molar-refractivity contribution in [1.82, 2.24) is 15.2 Å². The van der Waals surface area contributed by atoms with Gasteiger partial charge in [-0.15, -0.1) is 0 Å². The normalized spacial score (nSPS) is 15.6. The zero-order valence-corrected chi connectivity index (χ0v) is 16.7. The second kappa shape index (κ2) is 11.0. The van der Waals surface area contributed by atoms with Crippen LogP contribution in [0.2, 0.25) is 0 Å². The summed E-state index contributed by atoms with van der Waals surface area (Å²) in [5.74, 6) is -0.179. The number of nitro groups is 1. The van der Waals surface area contributed by atoms with Crippen molar-refractivity contribution in [3.63, 3.8) is 0 Å². The molecule has 0 spiro atoms. The van der Waals surface area contributed by atoms with Crippen LogP contribution in [0.3, 0.4) is 0 Å². The summed E-state index contributed by atoms with van der Waals surface area (Å²) in [6.45, 7) is 4.73. The van der Waals surface area contributed by atoms with Gasteiger partial charge in [-0.2, -0.15) is 5.10 Å². The predicted octanol–water partition coefficient (Wildman–Crippen LogP) is 2.53. The van der Waals surface area contributed by atoms with Gasteiger partial charge in [-0.1, -0.05) is 42.5 Å². The van der Waals surface area contributed by atoms with Crippen molar-refractivity contribution in [3.05, 3.63) is 81.9 Å². The number of para-hydroxylation sites is 1. The molecular formula is C22H25N5O3. The zero-order chi connectivity index (χ0) is 21.2. The molecule has 0 atom stereocenters. The van der Waals surface area contributed by atoms with Gasteiger partial charge in [-0.05, 0) is 23.8 Å². The summed E-state index contributed by atoms with van der Waals surface area (Å²) >= 11 is 0. The second-order valence-electron chi connectivity index (χ2n) is 7.03. The lowest BCUT2D eigenvalue weighted by Crippen LogP contribution is -2.48. The molecule has 0 bridgehead atoms. The van der Waals surface area contributed by atoms with E-state index in [1.807, 2.05) is 18.2 Å². The van der Waals surface area contributed by atoms with Gasteiger partial charge in [0.25, 0.3) is 11.6 Å². The summed E-state index contributed by atoms with van der Waals surface area (Å²) in [5, 5.41) is 14.9. The smallest absolute Gasteiger partial charge is 0.276 e. The zero-order valence-electron chi connectivity index (χ0n) is 16.7. The highest BCUT2D eigenvalue weighted by molar-refractivity contribution is 5.83.